The number of nitrogens with one attached hydrogen (secondary N) is 1. The molecule has 0 bridgehead atoms. The third kappa shape index (κ3) is 3.48. The Morgan fingerprint density at radius 2 is 2.17 bits per heavy atom. The Morgan fingerprint density at radius 3 is 2.96 bits per heavy atom. The molecule has 126 valence electrons. The van der Waals surface area contributed by atoms with Crippen molar-refractivity contribution in [2.75, 3.05) is 12.3 Å². The molecule has 3 rings (SSSR count). The number of carbonyl (C=O) groups excluding carboxylic acids is 1. The van der Waals surface area contributed by atoms with Crippen molar-refractivity contribution in [3.05, 3.63) is 58.5 Å². The van der Waals surface area contributed by atoms with Crippen LogP contribution in [-0.4, -0.2) is 29.3 Å². The maximum Gasteiger partial charge on any atom is 0.311 e. The van der Waals surface area contributed by atoms with E-state index in [1.807, 2.05) is 23.9 Å². The number of hydrogen-bond donors (Lipinski definition) is 2. The molecule has 0 radical (unpaired) electrons. The van der Waals surface area contributed by atoms with Gasteiger partial charge in [0, 0.05) is 17.4 Å². The van der Waals surface area contributed by atoms with Gasteiger partial charge in [-0.15, -0.1) is 0 Å². The predicted molar refractivity (Wildman–Crippen MR) is 92.5 cm³/mol. The van der Waals surface area contributed by atoms with Crippen LogP contribution in [0.1, 0.15) is 38.1 Å². The highest BCUT2D eigenvalue weighted by Crippen LogP contribution is 2.36. The number of amides is 1. The maximum atomic E-state index is 12.5. The summed E-state index contributed by atoms with van der Waals surface area (Å²) in [7, 11) is 0. The number of carbonyl (C=O) groups is 2. The smallest absolute Gasteiger partial charge is 0.311 e. The number of fused-ring (bicyclic) bond motifs is 1. The van der Waals surface area contributed by atoms with Crippen molar-refractivity contribution in [2.45, 2.75) is 25.0 Å². The summed E-state index contributed by atoms with van der Waals surface area (Å²) in [5.41, 5.74) is 3.59. The summed E-state index contributed by atoms with van der Waals surface area (Å²) in [6.45, 7) is 2.26. The number of furan rings is 1. The second-order valence-corrected chi connectivity index (χ2v) is 7.12. The highest BCUT2D eigenvalue weighted by molar-refractivity contribution is 7.99. The van der Waals surface area contributed by atoms with E-state index < -0.39 is 5.97 Å². The van der Waals surface area contributed by atoms with E-state index in [-0.39, 0.29) is 23.3 Å². The number of hydrogen-bond acceptors (Lipinski definition) is 4. The number of aliphatic carboxylic acids is 1. The fraction of sp³-hybridized carbons (Fsp3) is 0.333. The van der Waals surface area contributed by atoms with Crippen LogP contribution in [0.2, 0.25) is 0 Å². The Hall–Kier alpha value is -2.21. The molecule has 5 nitrogen and oxygen atoms in total. The second kappa shape index (κ2) is 7.13. The van der Waals surface area contributed by atoms with E-state index in [0.717, 1.165) is 12.2 Å². The molecule has 2 aromatic rings. The van der Waals surface area contributed by atoms with Gasteiger partial charge in [-0.2, -0.15) is 11.8 Å². The summed E-state index contributed by atoms with van der Waals surface area (Å²) >= 11 is 1.83. The minimum absolute atomic E-state index is 0.203. The van der Waals surface area contributed by atoms with E-state index in [1.54, 1.807) is 6.92 Å². The lowest BCUT2D eigenvalue weighted by Gasteiger charge is -2.25. The third-order valence-corrected chi connectivity index (χ3v) is 5.39. The van der Waals surface area contributed by atoms with E-state index in [4.69, 9.17) is 9.52 Å². The quantitative estimate of drug-likeness (QED) is 0.871. The average Bonchev–Trinajstić information content (AvgIpc) is 2.92. The first kappa shape index (κ1) is 16.6. The predicted octanol–water partition coefficient (Wildman–Crippen LogP) is 2.98. The number of aryl methyl sites for hydroxylation is 2. The third-order valence-electron chi connectivity index (χ3n) is 4.13. The standard InChI is InChI=1S/C18H19NO4S/c1-11-10-23-14(8-16(20)21)17(11)18(22)19-9-15-13-5-3-2-4-12(13)6-7-24-15/h2-5,10,15H,6-9H2,1H3,(H,19,22)(H,20,21). The van der Waals surface area contributed by atoms with Crippen molar-refractivity contribution in [1.82, 2.24) is 5.32 Å². The molecule has 2 N–H and O–H groups in total. The number of carboxylic acid groups (broad SMARTS) is 1. The Balaban J connectivity index is 1.71. The summed E-state index contributed by atoms with van der Waals surface area (Å²) in [5.74, 6) is -0.0578. The molecule has 0 aliphatic carbocycles. The number of thioether (sulfide) groups is 1. The number of rotatable bonds is 5. The van der Waals surface area contributed by atoms with Crippen LogP contribution in [0, 0.1) is 6.92 Å². The Bertz CT molecular complexity index is 768. The minimum atomic E-state index is -1.02. The van der Waals surface area contributed by atoms with Gasteiger partial charge in [0.15, 0.2) is 0 Å². The fourth-order valence-corrected chi connectivity index (χ4v) is 4.22. The molecule has 0 saturated carbocycles. The molecule has 0 saturated heterocycles. The minimum Gasteiger partial charge on any atom is -0.481 e. The molecule has 24 heavy (non-hydrogen) atoms. The van der Waals surface area contributed by atoms with Crippen LogP contribution in [-0.2, 0) is 17.6 Å². The van der Waals surface area contributed by atoms with Gasteiger partial charge >= 0.3 is 5.97 Å². The van der Waals surface area contributed by atoms with E-state index in [1.165, 1.54) is 17.4 Å². The largest absolute Gasteiger partial charge is 0.481 e. The van der Waals surface area contributed by atoms with Gasteiger partial charge in [0.1, 0.15) is 12.2 Å². The first-order valence-electron chi connectivity index (χ1n) is 7.82. The van der Waals surface area contributed by atoms with Crippen molar-refractivity contribution < 1.29 is 19.1 Å². The lowest BCUT2D eigenvalue weighted by atomic mass is 10.0. The number of benzene rings is 1. The van der Waals surface area contributed by atoms with Gasteiger partial charge in [-0.3, -0.25) is 9.59 Å². The molecule has 1 amide bonds. The zero-order valence-corrected chi connectivity index (χ0v) is 14.2. The van der Waals surface area contributed by atoms with Crippen LogP contribution >= 0.6 is 11.8 Å². The molecule has 1 unspecified atom stereocenters. The molecule has 1 aliphatic rings. The normalized spacial score (nSPS) is 16.5. The molecule has 6 heteroatoms. The van der Waals surface area contributed by atoms with E-state index in [2.05, 4.69) is 17.4 Å². The van der Waals surface area contributed by atoms with Crippen molar-refractivity contribution in [3.8, 4) is 0 Å². The molecule has 2 heterocycles. The molecular weight excluding hydrogens is 326 g/mol. The van der Waals surface area contributed by atoms with Crippen LogP contribution in [0.5, 0.6) is 0 Å². The highest BCUT2D eigenvalue weighted by Gasteiger charge is 2.24. The van der Waals surface area contributed by atoms with Crippen molar-refractivity contribution >= 4 is 23.6 Å². The molecule has 1 aliphatic heterocycles. The first-order valence-corrected chi connectivity index (χ1v) is 8.87. The van der Waals surface area contributed by atoms with E-state index >= 15 is 0 Å². The monoisotopic (exact) mass is 345 g/mol. The summed E-state index contributed by atoms with van der Waals surface area (Å²) in [4.78, 5) is 23.4. The van der Waals surface area contributed by atoms with Crippen LogP contribution < -0.4 is 5.32 Å². The van der Waals surface area contributed by atoms with E-state index in [9.17, 15) is 9.59 Å². The summed E-state index contributed by atoms with van der Waals surface area (Å²) < 4.78 is 5.23. The lowest BCUT2D eigenvalue weighted by Crippen LogP contribution is -2.30. The Morgan fingerprint density at radius 1 is 1.38 bits per heavy atom. The van der Waals surface area contributed by atoms with Crippen LogP contribution in [0.15, 0.2) is 34.9 Å². The zero-order chi connectivity index (χ0) is 17.1. The van der Waals surface area contributed by atoms with Gasteiger partial charge in [0.05, 0.1) is 11.8 Å². The second-order valence-electron chi connectivity index (χ2n) is 5.81. The van der Waals surface area contributed by atoms with Crippen LogP contribution in [0.4, 0.5) is 0 Å². The molecule has 1 atom stereocenters. The Kier molecular flexibility index (Phi) is 4.94. The highest BCUT2D eigenvalue weighted by atomic mass is 32.2. The van der Waals surface area contributed by atoms with Crippen molar-refractivity contribution in [3.63, 3.8) is 0 Å². The number of carboxylic acids is 1. The lowest BCUT2D eigenvalue weighted by molar-refractivity contribution is -0.136. The summed E-state index contributed by atoms with van der Waals surface area (Å²) in [5, 5.41) is 12.1. The van der Waals surface area contributed by atoms with Crippen molar-refractivity contribution in [1.29, 1.82) is 0 Å². The average molecular weight is 345 g/mol. The van der Waals surface area contributed by atoms with Gasteiger partial charge < -0.3 is 14.8 Å². The van der Waals surface area contributed by atoms with Gasteiger partial charge in [-0.25, -0.2) is 0 Å². The van der Waals surface area contributed by atoms with Crippen LogP contribution in [0.25, 0.3) is 0 Å². The zero-order valence-electron chi connectivity index (χ0n) is 13.4. The van der Waals surface area contributed by atoms with Crippen molar-refractivity contribution in [2.24, 2.45) is 0 Å². The van der Waals surface area contributed by atoms with Gasteiger partial charge in [0.25, 0.3) is 5.91 Å². The first-order chi connectivity index (χ1) is 11.6. The fourth-order valence-electron chi connectivity index (χ4n) is 2.99. The van der Waals surface area contributed by atoms with E-state index in [0.29, 0.717) is 17.7 Å². The SMILES string of the molecule is Cc1coc(CC(=O)O)c1C(=O)NCC1SCCc2ccccc21. The topological polar surface area (TPSA) is 79.5 Å². The van der Waals surface area contributed by atoms with Gasteiger partial charge in [-0.05, 0) is 30.2 Å². The molecule has 1 aromatic carbocycles. The van der Waals surface area contributed by atoms with Gasteiger partial charge in [0.2, 0.25) is 0 Å². The maximum absolute atomic E-state index is 12.5. The molecule has 0 spiro atoms. The summed E-state index contributed by atoms with van der Waals surface area (Å²) in [6, 6.07) is 8.30. The molecule has 0 fully saturated rings. The summed E-state index contributed by atoms with van der Waals surface area (Å²) in [6.07, 6.45) is 2.18. The molecule has 1 aromatic heterocycles. The molecular formula is C18H19NO4S. The van der Waals surface area contributed by atoms with Gasteiger partial charge in [-0.1, -0.05) is 24.3 Å². The Labute approximate surface area is 144 Å². The van der Waals surface area contributed by atoms with Crippen LogP contribution in [0.3, 0.4) is 0 Å².